The van der Waals surface area contributed by atoms with E-state index in [0.717, 1.165) is 19.3 Å². The van der Waals surface area contributed by atoms with Crippen LogP contribution in [-0.2, 0) is 14.3 Å². The zero-order valence-electron chi connectivity index (χ0n) is 12.1. The molecule has 0 radical (unpaired) electrons. The second kappa shape index (κ2) is 6.59. The number of carbonyl (C=O) groups is 2. The lowest BCUT2D eigenvalue weighted by Gasteiger charge is -2.35. The zero-order chi connectivity index (χ0) is 14.5. The molecule has 0 aliphatic carbocycles. The zero-order valence-corrected chi connectivity index (χ0v) is 12.1. The Kier molecular flexibility index (Phi) is 5.39. The maximum absolute atomic E-state index is 12.1. The van der Waals surface area contributed by atoms with Crippen molar-refractivity contribution < 1.29 is 19.1 Å². The molecule has 5 heteroatoms. The summed E-state index contributed by atoms with van der Waals surface area (Å²) in [6, 6.07) is -0.0947. The molecule has 19 heavy (non-hydrogen) atoms. The number of amides is 1. The van der Waals surface area contributed by atoms with E-state index < -0.39 is 11.6 Å². The van der Waals surface area contributed by atoms with Crippen LogP contribution in [0, 0.1) is 0 Å². The Labute approximate surface area is 114 Å². The summed E-state index contributed by atoms with van der Waals surface area (Å²) in [5.74, 6) is -0.408. The second-order valence-electron chi connectivity index (χ2n) is 5.62. The van der Waals surface area contributed by atoms with Crippen LogP contribution in [0.15, 0.2) is 12.2 Å². The molecule has 0 aromatic carbocycles. The maximum Gasteiger partial charge on any atom is 0.410 e. The van der Waals surface area contributed by atoms with Gasteiger partial charge in [-0.15, -0.1) is 0 Å². The number of carbonyl (C=O) groups excluding carboxylic acids is 2. The molecule has 0 saturated carbocycles. The highest BCUT2D eigenvalue weighted by Crippen LogP contribution is 2.21. The molecule has 0 aromatic heterocycles. The van der Waals surface area contributed by atoms with Crippen molar-refractivity contribution in [2.45, 2.75) is 51.7 Å². The van der Waals surface area contributed by atoms with E-state index in [-0.39, 0.29) is 12.1 Å². The van der Waals surface area contributed by atoms with Crippen LogP contribution in [0.1, 0.15) is 40.0 Å². The fourth-order valence-electron chi connectivity index (χ4n) is 1.96. The second-order valence-corrected chi connectivity index (χ2v) is 5.62. The van der Waals surface area contributed by atoms with Crippen molar-refractivity contribution >= 4 is 12.1 Å². The van der Waals surface area contributed by atoms with Crippen LogP contribution in [0.25, 0.3) is 0 Å². The maximum atomic E-state index is 12.1. The van der Waals surface area contributed by atoms with E-state index in [0.29, 0.717) is 6.54 Å². The molecule has 1 aliphatic heterocycles. The lowest BCUT2D eigenvalue weighted by molar-refractivity contribution is -0.134. The first-order valence-electron chi connectivity index (χ1n) is 6.59. The third-order valence-electron chi connectivity index (χ3n) is 2.83. The van der Waals surface area contributed by atoms with Crippen molar-refractivity contribution in [1.29, 1.82) is 0 Å². The predicted molar refractivity (Wildman–Crippen MR) is 71.7 cm³/mol. The van der Waals surface area contributed by atoms with Gasteiger partial charge in [0, 0.05) is 12.6 Å². The van der Waals surface area contributed by atoms with Crippen LogP contribution in [0.2, 0.25) is 0 Å². The van der Waals surface area contributed by atoms with Crippen LogP contribution in [0.5, 0.6) is 0 Å². The number of hydrogen-bond donors (Lipinski definition) is 0. The summed E-state index contributed by atoms with van der Waals surface area (Å²) >= 11 is 0. The molecular weight excluding hydrogens is 246 g/mol. The van der Waals surface area contributed by atoms with E-state index in [9.17, 15) is 9.59 Å². The molecule has 0 spiro atoms. The minimum absolute atomic E-state index is 0.0947. The van der Waals surface area contributed by atoms with Gasteiger partial charge >= 0.3 is 12.1 Å². The number of rotatable bonds is 2. The highest BCUT2D eigenvalue weighted by Gasteiger charge is 2.29. The van der Waals surface area contributed by atoms with Crippen molar-refractivity contribution in [3.8, 4) is 0 Å². The predicted octanol–water partition coefficient (Wildman–Crippen LogP) is 2.51. The molecular formula is C14H23NO4. The van der Waals surface area contributed by atoms with Gasteiger partial charge in [0.15, 0.2) is 0 Å². The van der Waals surface area contributed by atoms with Crippen molar-refractivity contribution in [3.05, 3.63) is 12.2 Å². The molecule has 1 aliphatic rings. The summed E-state index contributed by atoms with van der Waals surface area (Å²) in [4.78, 5) is 24.9. The molecule has 5 nitrogen and oxygen atoms in total. The van der Waals surface area contributed by atoms with Gasteiger partial charge in [0.1, 0.15) is 5.60 Å². The first kappa shape index (κ1) is 15.5. The van der Waals surface area contributed by atoms with E-state index in [4.69, 9.17) is 4.74 Å². The highest BCUT2D eigenvalue weighted by molar-refractivity contribution is 5.82. The molecule has 1 rings (SSSR count). The van der Waals surface area contributed by atoms with Crippen LogP contribution in [0.4, 0.5) is 4.79 Å². The topological polar surface area (TPSA) is 55.8 Å². The fourth-order valence-corrected chi connectivity index (χ4v) is 1.96. The molecule has 1 unspecified atom stereocenters. The van der Waals surface area contributed by atoms with Crippen LogP contribution >= 0.6 is 0 Å². The monoisotopic (exact) mass is 269 g/mol. The number of likely N-dealkylation sites (tertiary alicyclic amines) is 1. The molecule has 1 amide bonds. The summed E-state index contributed by atoms with van der Waals surface area (Å²) in [6.07, 6.45) is 5.60. The Bertz CT molecular complexity index is 357. The Morgan fingerprint density at radius 3 is 2.53 bits per heavy atom. The Hall–Kier alpha value is -1.52. The van der Waals surface area contributed by atoms with Gasteiger partial charge in [-0.2, -0.15) is 0 Å². The highest BCUT2D eigenvalue weighted by atomic mass is 16.6. The van der Waals surface area contributed by atoms with Gasteiger partial charge < -0.3 is 14.4 Å². The third kappa shape index (κ3) is 5.32. The van der Waals surface area contributed by atoms with Gasteiger partial charge in [-0.3, -0.25) is 0 Å². The van der Waals surface area contributed by atoms with Gasteiger partial charge in [0.05, 0.1) is 13.2 Å². The van der Waals surface area contributed by atoms with Crippen LogP contribution < -0.4 is 0 Å². The Morgan fingerprint density at radius 1 is 1.26 bits per heavy atom. The summed E-state index contributed by atoms with van der Waals surface area (Å²) in [6.45, 7) is 6.18. The van der Waals surface area contributed by atoms with Gasteiger partial charge in [-0.05, 0) is 40.0 Å². The summed E-state index contributed by atoms with van der Waals surface area (Å²) in [5.41, 5.74) is -0.509. The number of piperidine rings is 1. The minimum atomic E-state index is -0.509. The molecule has 0 bridgehead atoms. The van der Waals surface area contributed by atoms with Crippen molar-refractivity contribution in [1.82, 2.24) is 4.90 Å². The first-order valence-corrected chi connectivity index (χ1v) is 6.59. The number of methoxy groups -OCH3 is 1. The average molecular weight is 269 g/mol. The van der Waals surface area contributed by atoms with E-state index in [2.05, 4.69) is 4.74 Å². The normalized spacial score (nSPS) is 20.4. The molecule has 1 heterocycles. The third-order valence-corrected chi connectivity index (χ3v) is 2.83. The van der Waals surface area contributed by atoms with Crippen molar-refractivity contribution in [3.63, 3.8) is 0 Å². The SMILES string of the molecule is COC(=O)C=CC1CCCCN1C(=O)OC(C)(C)C. The van der Waals surface area contributed by atoms with Crippen LogP contribution in [0.3, 0.4) is 0 Å². The molecule has 1 atom stereocenters. The standard InChI is InChI=1S/C14H23NO4/c1-14(2,3)19-13(17)15-10-6-5-7-11(15)8-9-12(16)18-4/h8-9,11H,5-7,10H2,1-4H3. The molecule has 1 saturated heterocycles. The van der Waals surface area contributed by atoms with Gasteiger partial charge in [0.2, 0.25) is 0 Å². The fraction of sp³-hybridized carbons (Fsp3) is 0.714. The van der Waals surface area contributed by atoms with Gasteiger partial charge in [0.25, 0.3) is 0 Å². The lowest BCUT2D eigenvalue weighted by Crippen LogP contribution is -2.45. The van der Waals surface area contributed by atoms with E-state index >= 15 is 0 Å². The molecule has 108 valence electrons. The van der Waals surface area contributed by atoms with Gasteiger partial charge in [-0.1, -0.05) is 6.08 Å². The average Bonchev–Trinajstić information content (AvgIpc) is 2.34. The molecule has 1 fully saturated rings. The minimum Gasteiger partial charge on any atom is -0.466 e. The number of esters is 1. The number of nitrogens with zero attached hydrogens (tertiary/aromatic N) is 1. The summed E-state index contributed by atoms with van der Waals surface area (Å²) in [5, 5.41) is 0. The number of ether oxygens (including phenoxy) is 2. The van der Waals surface area contributed by atoms with E-state index in [1.54, 1.807) is 11.0 Å². The lowest BCUT2D eigenvalue weighted by atomic mass is 10.0. The summed E-state index contributed by atoms with van der Waals surface area (Å²) < 4.78 is 9.93. The Morgan fingerprint density at radius 2 is 1.95 bits per heavy atom. The molecule has 0 aromatic rings. The quantitative estimate of drug-likeness (QED) is 0.571. The van der Waals surface area contributed by atoms with E-state index in [1.807, 2.05) is 20.8 Å². The summed E-state index contributed by atoms with van der Waals surface area (Å²) in [7, 11) is 1.33. The largest absolute Gasteiger partial charge is 0.466 e. The van der Waals surface area contributed by atoms with Crippen molar-refractivity contribution in [2.24, 2.45) is 0 Å². The Balaban J connectivity index is 2.69. The van der Waals surface area contributed by atoms with E-state index in [1.165, 1.54) is 13.2 Å². The first-order chi connectivity index (χ1) is 8.83. The van der Waals surface area contributed by atoms with Gasteiger partial charge in [-0.25, -0.2) is 9.59 Å². The van der Waals surface area contributed by atoms with Crippen molar-refractivity contribution in [2.75, 3.05) is 13.7 Å². The smallest absolute Gasteiger partial charge is 0.410 e. The van der Waals surface area contributed by atoms with Crippen LogP contribution in [-0.4, -0.2) is 42.3 Å². The number of hydrogen-bond acceptors (Lipinski definition) is 4. The molecule has 0 N–H and O–H groups in total.